The summed E-state index contributed by atoms with van der Waals surface area (Å²) in [4.78, 5) is 3.76. The number of aliphatic hydroxyl groups is 1. The topological polar surface area (TPSA) is 45.1 Å². The molecular formula is C12H16BrF3N2O. The Kier molecular flexibility index (Phi) is 6.57. The van der Waals surface area contributed by atoms with Crippen molar-refractivity contribution in [2.45, 2.75) is 31.9 Å². The average molecular weight is 341 g/mol. The second-order valence-corrected chi connectivity index (χ2v) is 5.03. The summed E-state index contributed by atoms with van der Waals surface area (Å²) >= 11 is 2.99. The van der Waals surface area contributed by atoms with E-state index in [9.17, 15) is 13.2 Å². The summed E-state index contributed by atoms with van der Waals surface area (Å²) in [6, 6.07) is 1.01. The van der Waals surface area contributed by atoms with Gasteiger partial charge in [0.05, 0.1) is 5.56 Å². The van der Waals surface area contributed by atoms with Crippen LogP contribution in [0.25, 0.3) is 0 Å². The Morgan fingerprint density at radius 3 is 2.53 bits per heavy atom. The normalized spacial score (nSPS) is 11.6. The van der Waals surface area contributed by atoms with Gasteiger partial charge in [-0.25, -0.2) is 4.98 Å². The van der Waals surface area contributed by atoms with Gasteiger partial charge in [-0.2, -0.15) is 13.2 Å². The second-order valence-electron chi connectivity index (χ2n) is 4.11. The Bertz CT molecular complexity index is 399. The summed E-state index contributed by atoms with van der Waals surface area (Å²) in [6.07, 6.45) is 0.127. The zero-order valence-corrected chi connectivity index (χ0v) is 11.9. The van der Waals surface area contributed by atoms with Crippen molar-refractivity contribution >= 4 is 21.7 Å². The first-order valence-electron chi connectivity index (χ1n) is 6.02. The number of aromatic nitrogens is 1. The van der Waals surface area contributed by atoms with Crippen LogP contribution in [-0.4, -0.2) is 23.2 Å². The number of anilines is 1. The number of rotatable bonds is 7. The first-order valence-corrected chi connectivity index (χ1v) is 6.82. The third-order valence-electron chi connectivity index (χ3n) is 2.54. The van der Waals surface area contributed by atoms with Crippen LogP contribution in [0.4, 0.5) is 19.0 Å². The molecule has 0 amide bonds. The standard InChI is InChI=1S/C12H16BrF3N2O/c13-9-7-10(12(14,15)16)11(18-8-9)17-5-3-1-2-4-6-19/h7-8,19H,1-6H2,(H,17,18). The fourth-order valence-electron chi connectivity index (χ4n) is 1.59. The van der Waals surface area contributed by atoms with Crippen molar-refractivity contribution in [1.82, 2.24) is 4.98 Å². The molecule has 108 valence electrons. The molecule has 7 heteroatoms. The number of nitrogens with one attached hydrogen (secondary N) is 1. The number of halogens is 4. The molecule has 0 saturated carbocycles. The molecule has 0 radical (unpaired) electrons. The maximum atomic E-state index is 12.8. The SMILES string of the molecule is OCCCCCCNc1ncc(Br)cc1C(F)(F)F. The first kappa shape index (κ1) is 16.2. The highest BCUT2D eigenvalue weighted by molar-refractivity contribution is 9.10. The van der Waals surface area contributed by atoms with Gasteiger partial charge in [0.2, 0.25) is 0 Å². The van der Waals surface area contributed by atoms with Gasteiger partial charge in [0, 0.05) is 23.8 Å². The lowest BCUT2D eigenvalue weighted by Gasteiger charge is -2.13. The van der Waals surface area contributed by atoms with E-state index in [0.717, 1.165) is 31.7 Å². The van der Waals surface area contributed by atoms with Crippen molar-refractivity contribution in [1.29, 1.82) is 0 Å². The number of nitrogens with zero attached hydrogens (tertiary/aromatic N) is 1. The van der Waals surface area contributed by atoms with Crippen molar-refractivity contribution in [2.24, 2.45) is 0 Å². The van der Waals surface area contributed by atoms with Crippen LogP contribution in [0.15, 0.2) is 16.7 Å². The Hall–Kier alpha value is -0.820. The van der Waals surface area contributed by atoms with E-state index in [1.165, 1.54) is 6.20 Å². The maximum Gasteiger partial charge on any atom is 0.419 e. The smallest absolute Gasteiger partial charge is 0.396 e. The minimum atomic E-state index is -4.42. The zero-order valence-electron chi connectivity index (χ0n) is 10.3. The van der Waals surface area contributed by atoms with Gasteiger partial charge in [0.1, 0.15) is 5.82 Å². The van der Waals surface area contributed by atoms with Gasteiger partial charge in [0.25, 0.3) is 0 Å². The summed E-state index contributed by atoms with van der Waals surface area (Å²) in [5, 5.41) is 11.3. The number of pyridine rings is 1. The molecule has 0 fully saturated rings. The molecular weight excluding hydrogens is 325 g/mol. The van der Waals surface area contributed by atoms with Gasteiger partial charge in [-0.15, -0.1) is 0 Å². The first-order chi connectivity index (χ1) is 8.95. The molecule has 0 bridgehead atoms. The van der Waals surface area contributed by atoms with Crippen molar-refractivity contribution in [2.75, 3.05) is 18.5 Å². The van der Waals surface area contributed by atoms with E-state index >= 15 is 0 Å². The van der Waals surface area contributed by atoms with Gasteiger partial charge in [-0.3, -0.25) is 0 Å². The maximum absolute atomic E-state index is 12.8. The average Bonchev–Trinajstić information content (AvgIpc) is 2.34. The molecule has 0 unspecified atom stereocenters. The molecule has 1 heterocycles. The molecule has 0 spiro atoms. The largest absolute Gasteiger partial charge is 0.419 e. The fourth-order valence-corrected chi connectivity index (χ4v) is 1.92. The minimum absolute atomic E-state index is 0.141. The van der Waals surface area contributed by atoms with Crippen LogP contribution in [0.2, 0.25) is 0 Å². The van der Waals surface area contributed by atoms with Crippen LogP contribution in [0, 0.1) is 0 Å². The quantitative estimate of drug-likeness (QED) is 0.741. The summed E-state index contributed by atoms with van der Waals surface area (Å²) in [6.45, 7) is 0.586. The third-order valence-corrected chi connectivity index (χ3v) is 2.97. The fraction of sp³-hybridized carbons (Fsp3) is 0.583. The molecule has 1 aromatic rings. The van der Waals surface area contributed by atoms with E-state index in [1.807, 2.05) is 0 Å². The van der Waals surface area contributed by atoms with Gasteiger partial charge >= 0.3 is 6.18 Å². The van der Waals surface area contributed by atoms with Crippen molar-refractivity contribution in [3.05, 3.63) is 22.3 Å². The van der Waals surface area contributed by atoms with Crippen LogP contribution in [-0.2, 0) is 6.18 Å². The molecule has 1 rings (SSSR count). The van der Waals surface area contributed by atoms with Crippen LogP contribution in [0.5, 0.6) is 0 Å². The molecule has 0 saturated heterocycles. The lowest BCUT2D eigenvalue weighted by atomic mass is 10.2. The summed E-state index contributed by atoms with van der Waals surface area (Å²) < 4.78 is 38.6. The second kappa shape index (κ2) is 7.69. The third kappa shape index (κ3) is 5.78. The molecule has 0 aliphatic carbocycles. The molecule has 3 nitrogen and oxygen atoms in total. The molecule has 0 aliphatic rings. The van der Waals surface area contributed by atoms with Crippen LogP contribution in [0.1, 0.15) is 31.2 Å². The van der Waals surface area contributed by atoms with E-state index < -0.39 is 11.7 Å². The number of hydrogen-bond acceptors (Lipinski definition) is 3. The van der Waals surface area contributed by atoms with Gasteiger partial charge < -0.3 is 10.4 Å². The Labute approximate surface area is 118 Å². The minimum Gasteiger partial charge on any atom is -0.396 e. The lowest BCUT2D eigenvalue weighted by molar-refractivity contribution is -0.137. The van der Waals surface area contributed by atoms with Gasteiger partial charge in [0.15, 0.2) is 0 Å². The van der Waals surface area contributed by atoms with Gasteiger partial charge in [-0.05, 0) is 34.8 Å². The molecule has 0 aromatic carbocycles. The number of aliphatic hydroxyl groups excluding tert-OH is 1. The van der Waals surface area contributed by atoms with E-state index in [0.29, 0.717) is 11.0 Å². The molecule has 0 atom stereocenters. The van der Waals surface area contributed by atoms with Crippen LogP contribution >= 0.6 is 15.9 Å². The molecule has 2 N–H and O–H groups in total. The Balaban J connectivity index is 2.54. The predicted molar refractivity (Wildman–Crippen MR) is 71.0 cm³/mol. The highest BCUT2D eigenvalue weighted by atomic mass is 79.9. The van der Waals surface area contributed by atoms with Crippen molar-refractivity contribution in [3.63, 3.8) is 0 Å². The van der Waals surface area contributed by atoms with Crippen molar-refractivity contribution in [3.8, 4) is 0 Å². The Morgan fingerprint density at radius 2 is 1.89 bits per heavy atom. The highest BCUT2D eigenvalue weighted by Gasteiger charge is 2.34. The lowest BCUT2D eigenvalue weighted by Crippen LogP contribution is -2.13. The molecule has 1 aromatic heterocycles. The number of hydrogen-bond donors (Lipinski definition) is 2. The van der Waals surface area contributed by atoms with E-state index in [4.69, 9.17) is 5.11 Å². The van der Waals surface area contributed by atoms with Crippen molar-refractivity contribution < 1.29 is 18.3 Å². The van der Waals surface area contributed by atoms with Crippen LogP contribution in [0.3, 0.4) is 0 Å². The van der Waals surface area contributed by atoms with E-state index in [-0.39, 0.29) is 12.4 Å². The van der Waals surface area contributed by atoms with Gasteiger partial charge in [-0.1, -0.05) is 12.8 Å². The summed E-state index contributed by atoms with van der Waals surface area (Å²) in [7, 11) is 0. The zero-order chi connectivity index (χ0) is 14.3. The highest BCUT2D eigenvalue weighted by Crippen LogP contribution is 2.35. The molecule has 19 heavy (non-hydrogen) atoms. The summed E-state index contributed by atoms with van der Waals surface area (Å²) in [5.41, 5.74) is -0.766. The Morgan fingerprint density at radius 1 is 1.21 bits per heavy atom. The van der Waals surface area contributed by atoms with Crippen LogP contribution < -0.4 is 5.32 Å². The number of alkyl halides is 3. The summed E-state index contributed by atoms with van der Waals surface area (Å²) in [5.74, 6) is -0.141. The molecule has 0 aliphatic heterocycles. The van der Waals surface area contributed by atoms with E-state index in [2.05, 4.69) is 26.2 Å². The predicted octanol–water partition coefficient (Wildman–Crippen LogP) is 3.83. The monoisotopic (exact) mass is 340 g/mol. The van der Waals surface area contributed by atoms with E-state index in [1.54, 1.807) is 0 Å². The number of unbranched alkanes of at least 4 members (excludes halogenated alkanes) is 3.